The Kier molecular flexibility index (Phi) is 3.79. The number of aliphatic carboxylic acids is 1. The summed E-state index contributed by atoms with van der Waals surface area (Å²) < 4.78 is 0. The lowest BCUT2D eigenvalue weighted by Gasteiger charge is -2.15. The van der Waals surface area contributed by atoms with Gasteiger partial charge in [0.2, 0.25) is 0 Å². The highest BCUT2D eigenvalue weighted by Crippen LogP contribution is 2.39. The third kappa shape index (κ3) is 2.68. The van der Waals surface area contributed by atoms with Gasteiger partial charge in [0.25, 0.3) is 0 Å². The van der Waals surface area contributed by atoms with Gasteiger partial charge in [0.1, 0.15) is 0 Å². The SMILES string of the molecule is O=C(O)/C=C/c1c2ccccc2c(-c2ccccc2)c2ccccc12. The van der Waals surface area contributed by atoms with Crippen LogP contribution in [0.2, 0.25) is 0 Å². The lowest BCUT2D eigenvalue weighted by atomic mass is 9.88. The molecule has 0 saturated heterocycles. The van der Waals surface area contributed by atoms with Crippen LogP contribution >= 0.6 is 0 Å². The minimum absolute atomic E-state index is 0.938. The molecule has 120 valence electrons. The van der Waals surface area contributed by atoms with E-state index in [1.807, 2.05) is 42.5 Å². The van der Waals surface area contributed by atoms with Crippen LogP contribution in [0.15, 0.2) is 84.9 Å². The Balaban J connectivity index is 2.19. The Bertz CT molecular complexity index is 1050. The first kappa shape index (κ1) is 15.2. The molecule has 0 aromatic heterocycles. The maximum atomic E-state index is 11.0. The van der Waals surface area contributed by atoms with Gasteiger partial charge < -0.3 is 5.11 Å². The van der Waals surface area contributed by atoms with Crippen molar-refractivity contribution in [3.05, 3.63) is 90.5 Å². The summed E-state index contributed by atoms with van der Waals surface area (Å²) in [4.78, 5) is 11.0. The van der Waals surface area contributed by atoms with Crippen molar-refractivity contribution in [2.75, 3.05) is 0 Å². The van der Waals surface area contributed by atoms with Gasteiger partial charge in [-0.2, -0.15) is 0 Å². The van der Waals surface area contributed by atoms with Crippen LogP contribution in [0.3, 0.4) is 0 Å². The van der Waals surface area contributed by atoms with Crippen LogP contribution in [0.4, 0.5) is 0 Å². The molecule has 0 atom stereocenters. The summed E-state index contributed by atoms with van der Waals surface area (Å²) in [5, 5.41) is 13.4. The van der Waals surface area contributed by atoms with Gasteiger partial charge in [-0.1, -0.05) is 78.9 Å². The molecule has 4 aromatic carbocycles. The largest absolute Gasteiger partial charge is 0.478 e. The molecule has 4 rings (SSSR count). The Morgan fingerprint density at radius 1 is 0.680 bits per heavy atom. The highest BCUT2D eigenvalue weighted by atomic mass is 16.4. The molecule has 1 N–H and O–H groups in total. The Morgan fingerprint density at radius 3 is 1.68 bits per heavy atom. The van der Waals surface area contributed by atoms with Crippen molar-refractivity contribution in [2.24, 2.45) is 0 Å². The van der Waals surface area contributed by atoms with E-state index >= 15 is 0 Å². The minimum Gasteiger partial charge on any atom is -0.478 e. The van der Waals surface area contributed by atoms with E-state index in [0.717, 1.165) is 32.7 Å². The molecule has 0 aliphatic carbocycles. The molecule has 0 heterocycles. The monoisotopic (exact) mass is 324 g/mol. The zero-order valence-corrected chi connectivity index (χ0v) is 13.5. The maximum Gasteiger partial charge on any atom is 0.328 e. The van der Waals surface area contributed by atoms with E-state index in [-0.39, 0.29) is 0 Å². The molecule has 4 aromatic rings. The highest BCUT2D eigenvalue weighted by molar-refractivity contribution is 6.17. The predicted octanol–water partition coefficient (Wildman–Crippen LogP) is 5.76. The fraction of sp³-hybridized carbons (Fsp3) is 0. The molecule has 0 spiro atoms. The van der Waals surface area contributed by atoms with Crippen LogP contribution in [0.5, 0.6) is 0 Å². The lowest BCUT2D eigenvalue weighted by Crippen LogP contribution is -1.91. The van der Waals surface area contributed by atoms with Crippen molar-refractivity contribution in [1.29, 1.82) is 0 Å². The smallest absolute Gasteiger partial charge is 0.328 e. The Labute approximate surface area is 145 Å². The molecule has 0 aliphatic rings. The van der Waals surface area contributed by atoms with Crippen LogP contribution in [0.25, 0.3) is 38.7 Å². The first-order chi connectivity index (χ1) is 12.3. The summed E-state index contributed by atoms with van der Waals surface area (Å²) in [6, 6.07) is 26.6. The summed E-state index contributed by atoms with van der Waals surface area (Å²) in [6.45, 7) is 0. The van der Waals surface area contributed by atoms with Crippen molar-refractivity contribution >= 4 is 33.6 Å². The molecular formula is C23H16O2. The van der Waals surface area contributed by atoms with E-state index in [0.29, 0.717) is 0 Å². The normalized spacial score (nSPS) is 11.4. The molecule has 0 saturated carbocycles. The summed E-state index contributed by atoms with van der Waals surface area (Å²) in [5.74, 6) is -0.944. The van der Waals surface area contributed by atoms with Gasteiger partial charge >= 0.3 is 5.97 Å². The van der Waals surface area contributed by atoms with Crippen LogP contribution in [-0.2, 0) is 4.79 Å². The van der Waals surface area contributed by atoms with E-state index < -0.39 is 5.97 Å². The number of hydrogen-bond acceptors (Lipinski definition) is 1. The fourth-order valence-corrected chi connectivity index (χ4v) is 3.41. The van der Waals surface area contributed by atoms with Crippen molar-refractivity contribution in [2.45, 2.75) is 0 Å². The molecule has 2 heteroatoms. The van der Waals surface area contributed by atoms with Gasteiger partial charge in [-0.25, -0.2) is 4.79 Å². The van der Waals surface area contributed by atoms with Gasteiger partial charge in [0.05, 0.1) is 0 Å². The summed E-state index contributed by atoms with van der Waals surface area (Å²) in [5.41, 5.74) is 3.27. The predicted molar refractivity (Wildman–Crippen MR) is 104 cm³/mol. The Morgan fingerprint density at radius 2 is 1.16 bits per heavy atom. The second kappa shape index (κ2) is 6.25. The molecule has 0 bridgehead atoms. The van der Waals surface area contributed by atoms with Crippen molar-refractivity contribution in [3.63, 3.8) is 0 Å². The summed E-state index contributed by atoms with van der Waals surface area (Å²) in [6.07, 6.45) is 2.90. The maximum absolute atomic E-state index is 11.0. The van der Waals surface area contributed by atoms with E-state index in [1.165, 1.54) is 11.6 Å². The quantitative estimate of drug-likeness (QED) is 0.384. The number of rotatable bonds is 3. The second-order valence-electron chi connectivity index (χ2n) is 5.92. The molecule has 0 aliphatic heterocycles. The third-order valence-corrected chi connectivity index (χ3v) is 4.43. The number of carbonyl (C=O) groups is 1. The molecule has 25 heavy (non-hydrogen) atoms. The minimum atomic E-state index is -0.944. The molecule has 0 fully saturated rings. The van der Waals surface area contributed by atoms with Gasteiger partial charge in [-0.05, 0) is 44.3 Å². The average Bonchev–Trinajstić information content (AvgIpc) is 2.65. The first-order valence-corrected chi connectivity index (χ1v) is 8.15. The zero-order valence-electron chi connectivity index (χ0n) is 13.5. The molecule has 0 amide bonds. The Hall–Kier alpha value is -3.39. The van der Waals surface area contributed by atoms with E-state index in [1.54, 1.807) is 6.08 Å². The van der Waals surface area contributed by atoms with E-state index in [4.69, 9.17) is 5.11 Å². The van der Waals surface area contributed by atoms with Crippen molar-refractivity contribution in [3.8, 4) is 11.1 Å². The van der Waals surface area contributed by atoms with Crippen molar-refractivity contribution < 1.29 is 9.90 Å². The first-order valence-electron chi connectivity index (χ1n) is 8.15. The molecular weight excluding hydrogens is 308 g/mol. The number of hydrogen-bond donors (Lipinski definition) is 1. The molecule has 0 unspecified atom stereocenters. The van der Waals surface area contributed by atoms with Crippen LogP contribution in [-0.4, -0.2) is 11.1 Å². The van der Waals surface area contributed by atoms with Crippen LogP contribution in [0, 0.1) is 0 Å². The lowest BCUT2D eigenvalue weighted by molar-refractivity contribution is -0.131. The van der Waals surface area contributed by atoms with Gasteiger partial charge in [-0.3, -0.25) is 0 Å². The number of carboxylic acids is 1. The molecule has 2 nitrogen and oxygen atoms in total. The molecule has 0 radical (unpaired) electrons. The summed E-state index contributed by atoms with van der Waals surface area (Å²) >= 11 is 0. The average molecular weight is 324 g/mol. The standard InChI is InChI=1S/C23H16O2/c24-22(25)15-14-19-17-10-4-6-12-20(17)23(16-8-2-1-3-9-16)21-13-7-5-11-18(19)21/h1-15H,(H,24,25)/b15-14+. The van der Waals surface area contributed by atoms with Gasteiger partial charge in [0.15, 0.2) is 0 Å². The number of benzene rings is 4. The zero-order chi connectivity index (χ0) is 17.2. The van der Waals surface area contributed by atoms with Crippen molar-refractivity contribution in [1.82, 2.24) is 0 Å². The highest BCUT2D eigenvalue weighted by Gasteiger charge is 2.13. The fourth-order valence-electron chi connectivity index (χ4n) is 3.41. The topological polar surface area (TPSA) is 37.3 Å². The van der Waals surface area contributed by atoms with E-state index in [2.05, 4.69) is 36.4 Å². The second-order valence-corrected chi connectivity index (χ2v) is 5.92. The van der Waals surface area contributed by atoms with Gasteiger partial charge in [-0.15, -0.1) is 0 Å². The van der Waals surface area contributed by atoms with Crippen LogP contribution in [0.1, 0.15) is 5.56 Å². The number of carboxylic acid groups (broad SMARTS) is 1. The van der Waals surface area contributed by atoms with Gasteiger partial charge in [0, 0.05) is 6.08 Å². The summed E-state index contributed by atoms with van der Waals surface area (Å²) in [7, 11) is 0. The third-order valence-electron chi connectivity index (χ3n) is 4.43. The van der Waals surface area contributed by atoms with Crippen LogP contribution < -0.4 is 0 Å². The van der Waals surface area contributed by atoms with E-state index in [9.17, 15) is 4.79 Å². The number of fused-ring (bicyclic) bond motifs is 2.